The maximum Gasteiger partial charge on any atom is 0.242 e. The molecule has 1 saturated carbocycles. The fourth-order valence-corrected chi connectivity index (χ4v) is 4.47. The van der Waals surface area contributed by atoms with E-state index in [1.54, 1.807) is 11.3 Å². The lowest BCUT2D eigenvalue weighted by Crippen LogP contribution is -2.42. The Kier molecular flexibility index (Phi) is 5.57. The van der Waals surface area contributed by atoms with Crippen LogP contribution < -0.4 is 10.6 Å². The summed E-state index contributed by atoms with van der Waals surface area (Å²) in [7, 11) is 0. The number of carbonyl (C=O) groups excluding carboxylic acids is 1. The molecule has 1 unspecified atom stereocenters. The molecular weight excluding hydrogens is 332 g/mol. The molecule has 0 saturated heterocycles. The minimum atomic E-state index is -0.315. The largest absolute Gasteiger partial charge is 0.358 e. The second-order valence-corrected chi connectivity index (χ2v) is 8.37. The lowest BCUT2D eigenvalue weighted by atomic mass is 10.0. The summed E-state index contributed by atoms with van der Waals surface area (Å²) < 4.78 is 0. The molecule has 0 spiro atoms. The van der Waals surface area contributed by atoms with Gasteiger partial charge < -0.3 is 10.6 Å². The Labute approximate surface area is 153 Å². The third-order valence-corrected chi connectivity index (χ3v) is 5.62. The predicted molar refractivity (Wildman–Crippen MR) is 104 cm³/mol. The molecule has 1 atom stereocenters. The molecule has 3 rings (SSSR count). The van der Waals surface area contributed by atoms with E-state index in [0.717, 1.165) is 41.1 Å². The average molecular weight is 361 g/mol. The van der Waals surface area contributed by atoms with E-state index in [0.29, 0.717) is 12.0 Å². The minimum Gasteiger partial charge on any atom is -0.358 e. The van der Waals surface area contributed by atoms with E-state index in [-0.39, 0.29) is 11.9 Å². The van der Waals surface area contributed by atoms with Crippen LogP contribution in [0.4, 0.5) is 5.82 Å². The normalized spacial score (nSPS) is 16.5. The number of aryl methyl sites for hydroxylation is 1. The van der Waals surface area contributed by atoms with Crippen LogP contribution in [0.3, 0.4) is 0 Å². The second kappa shape index (κ2) is 7.68. The van der Waals surface area contributed by atoms with Gasteiger partial charge in [0.15, 0.2) is 0 Å². The summed E-state index contributed by atoms with van der Waals surface area (Å²) in [6, 6.07) is 0.0199. The van der Waals surface area contributed by atoms with E-state index in [9.17, 15) is 4.79 Å². The number of hydrogen-bond acceptors (Lipinski definition) is 5. The molecular formula is C19H28N4OS. The van der Waals surface area contributed by atoms with Crippen molar-refractivity contribution >= 4 is 33.3 Å². The molecule has 0 radical (unpaired) electrons. The zero-order valence-electron chi connectivity index (χ0n) is 15.6. The van der Waals surface area contributed by atoms with Crippen LogP contribution in [0.5, 0.6) is 0 Å². The summed E-state index contributed by atoms with van der Waals surface area (Å²) in [6.45, 7) is 8.23. The lowest BCUT2D eigenvalue weighted by molar-refractivity contribution is -0.122. The van der Waals surface area contributed by atoms with Crippen molar-refractivity contribution in [2.45, 2.75) is 71.9 Å². The molecule has 136 valence electrons. The molecule has 2 aromatic heterocycles. The van der Waals surface area contributed by atoms with Gasteiger partial charge in [-0.3, -0.25) is 4.79 Å². The molecule has 2 aromatic rings. The van der Waals surface area contributed by atoms with E-state index >= 15 is 0 Å². The van der Waals surface area contributed by atoms with E-state index in [1.807, 2.05) is 13.8 Å². The maximum absolute atomic E-state index is 12.5. The van der Waals surface area contributed by atoms with Crippen LogP contribution in [0, 0.1) is 12.8 Å². The zero-order chi connectivity index (χ0) is 18.0. The number of nitrogens with one attached hydrogen (secondary N) is 2. The first-order valence-corrected chi connectivity index (χ1v) is 10.1. The van der Waals surface area contributed by atoms with Gasteiger partial charge >= 0.3 is 0 Å². The number of amides is 1. The first kappa shape index (κ1) is 18.1. The molecule has 5 nitrogen and oxygen atoms in total. The Balaban J connectivity index is 1.81. The smallest absolute Gasteiger partial charge is 0.242 e. The Hall–Kier alpha value is -1.69. The molecule has 2 heterocycles. The molecule has 6 heteroatoms. The summed E-state index contributed by atoms with van der Waals surface area (Å²) in [5.41, 5.74) is 1.26. The Morgan fingerprint density at radius 2 is 2.00 bits per heavy atom. The van der Waals surface area contributed by atoms with Crippen LogP contribution in [-0.4, -0.2) is 28.0 Å². The summed E-state index contributed by atoms with van der Waals surface area (Å²) in [4.78, 5) is 22.7. The van der Waals surface area contributed by atoms with E-state index < -0.39 is 0 Å². The average Bonchev–Trinajstić information content (AvgIpc) is 3.16. The number of anilines is 1. The number of aromatic nitrogens is 2. The Bertz CT molecular complexity index is 749. The van der Waals surface area contributed by atoms with Gasteiger partial charge in [-0.1, -0.05) is 26.7 Å². The SMILES string of the molecule is Cc1nc(NC(C)C(=O)NC2CCCC2)c2c(CC(C)C)csc2n1. The predicted octanol–water partition coefficient (Wildman–Crippen LogP) is 4.06. The molecule has 1 aliphatic rings. The van der Waals surface area contributed by atoms with Gasteiger partial charge in [-0.25, -0.2) is 9.97 Å². The molecule has 1 aliphatic carbocycles. The van der Waals surface area contributed by atoms with Crippen LogP contribution in [0.2, 0.25) is 0 Å². The number of rotatable bonds is 6. The third kappa shape index (κ3) is 4.29. The van der Waals surface area contributed by atoms with Gasteiger partial charge in [0.1, 0.15) is 22.5 Å². The van der Waals surface area contributed by atoms with E-state index in [2.05, 4.69) is 39.8 Å². The van der Waals surface area contributed by atoms with Crippen LogP contribution in [0.15, 0.2) is 5.38 Å². The fourth-order valence-electron chi connectivity index (χ4n) is 3.47. The van der Waals surface area contributed by atoms with Crippen molar-refractivity contribution in [3.63, 3.8) is 0 Å². The molecule has 0 aliphatic heterocycles. The first-order chi connectivity index (χ1) is 11.9. The Morgan fingerprint density at radius 1 is 1.28 bits per heavy atom. The van der Waals surface area contributed by atoms with Crippen molar-refractivity contribution in [2.24, 2.45) is 5.92 Å². The summed E-state index contributed by atoms with van der Waals surface area (Å²) >= 11 is 1.65. The van der Waals surface area contributed by atoms with Gasteiger partial charge in [-0.05, 0) is 50.0 Å². The highest BCUT2D eigenvalue weighted by atomic mass is 32.1. The molecule has 1 fully saturated rings. The zero-order valence-corrected chi connectivity index (χ0v) is 16.4. The fraction of sp³-hybridized carbons (Fsp3) is 0.632. The number of carbonyl (C=O) groups is 1. The van der Waals surface area contributed by atoms with Crippen LogP contribution >= 0.6 is 11.3 Å². The summed E-state index contributed by atoms with van der Waals surface area (Å²) in [6.07, 6.45) is 5.61. The van der Waals surface area contributed by atoms with E-state index in [1.165, 1.54) is 18.4 Å². The molecule has 25 heavy (non-hydrogen) atoms. The van der Waals surface area contributed by atoms with Crippen molar-refractivity contribution < 1.29 is 4.79 Å². The van der Waals surface area contributed by atoms with Gasteiger partial charge in [-0.2, -0.15) is 0 Å². The molecule has 0 aromatic carbocycles. The minimum absolute atomic E-state index is 0.0527. The number of nitrogens with zero attached hydrogens (tertiary/aromatic N) is 2. The molecule has 0 bridgehead atoms. The first-order valence-electron chi connectivity index (χ1n) is 9.25. The summed E-state index contributed by atoms with van der Waals surface area (Å²) in [5, 5.41) is 9.75. The summed E-state index contributed by atoms with van der Waals surface area (Å²) in [5.74, 6) is 2.14. The number of fused-ring (bicyclic) bond motifs is 1. The highest BCUT2D eigenvalue weighted by Crippen LogP contribution is 2.32. The van der Waals surface area contributed by atoms with Crippen molar-refractivity contribution in [1.29, 1.82) is 0 Å². The quantitative estimate of drug-likeness (QED) is 0.815. The third-order valence-electron chi connectivity index (χ3n) is 4.70. The van der Waals surface area contributed by atoms with Gasteiger partial charge in [0, 0.05) is 6.04 Å². The van der Waals surface area contributed by atoms with Gasteiger partial charge in [0.25, 0.3) is 0 Å². The van der Waals surface area contributed by atoms with Crippen LogP contribution in [0.25, 0.3) is 10.2 Å². The topological polar surface area (TPSA) is 66.9 Å². The Morgan fingerprint density at radius 3 is 2.68 bits per heavy atom. The van der Waals surface area contributed by atoms with Gasteiger partial charge in [0.05, 0.1) is 5.39 Å². The van der Waals surface area contributed by atoms with Gasteiger partial charge in [0.2, 0.25) is 5.91 Å². The van der Waals surface area contributed by atoms with Crippen molar-refractivity contribution in [3.05, 3.63) is 16.8 Å². The number of thiophene rings is 1. The lowest BCUT2D eigenvalue weighted by Gasteiger charge is -2.19. The number of hydrogen-bond donors (Lipinski definition) is 2. The highest BCUT2D eigenvalue weighted by Gasteiger charge is 2.22. The monoisotopic (exact) mass is 360 g/mol. The standard InChI is InChI=1S/C19H28N4OS/c1-11(2)9-14-10-25-19-16(14)17(21-13(4)22-19)20-12(3)18(24)23-15-7-5-6-8-15/h10-12,15H,5-9H2,1-4H3,(H,23,24)(H,20,21,22). The van der Waals surface area contributed by atoms with Crippen molar-refractivity contribution in [3.8, 4) is 0 Å². The van der Waals surface area contributed by atoms with Gasteiger partial charge in [-0.15, -0.1) is 11.3 Å². The highest BCUT2D eigenvalue weighted by molar-refractivity contribution is 7.17. The second-order valence-electron chi connectivity index (χ2n) is 7.51. The van der Waals surface area contributed by atoms with Crippen LogP contribution in [-0.2, 0) is 11.2 Å². The maximum atomic E-state index is 12.5. The molecule has 1 amide bonds. The van der Waals surface area contributed by atoms with Crippen molar-refractivity contribution in [2.75, 3.05) is 5.32 Å². The van der Waals surface area contributed by atoms with Crippen LogP contribution in [0.1, 0.15) is 57.8 Å². The molecule has 2 N–H and O–H groups in total. The van der Waals surface area contributed by atoms with Crippen molar-refractivity contribution in [1.82, 2.24) is 15.3 Å². The van der Waals surface area contributed by atoms with E-state index in [4.69, 9.17) is 0 Å².